The zero-order valence-corrected chi connectivity index (χ0v) is 20.2. The van der Waals surface area contributed by atoms with Gasteiger partial charge in [0.25, 0.3) is 0 Å². The summed E-state index contributed by atoms with van der Waals surface area (Å²) in [5.41, 5.74) is 9.20. The first-order chi connectivity index (χ1) is 16.7. The molecular formula is C31H33N3. The Hall–Kier alpha value is -3.33. The minimum absolute atomic E-state index is 0.513. The Kier molecular flexibility index (Phi) is 5.49. The highest BCUT2D eigenvalue weighted by molar-refractivity contribution is 5.80. The van der Waals surface area contributed by atoms with E-state index in [4.69, 9.17) is 4.98 Å². The fourth-order valence-corrected chi connectivity index (χ4v) is 5.74. The maximum Gasteiger partial charge on any atom is 0.0705 e. The summed E-state index contributed by atoms with van der Waals surface area (Å²) >= 11 is 0. The molecule has 3 heteroatoms. The van der Waals surface area contributed by atoms with E-state index in [2.05, 4.69) is 103 Å². The van der Waals surface area contributed by atoms with Crippen LogP contribution in [-0.2, 0) is 19.5 Å². The third-order valence-corrected chi connectivity index (χ3v) is 7.61. The van der Waals surface area contributed by atoms with E-state index in [1.165, 1.54) is 52.0 Å². The second-order valence-electron chi connectivity index (χ2n) is 10.2. The van der Waals surface area contributed by atoms with Crippen LogP contribution in [0.15, 0.2) is 78.9 Å². The van der Waals surface area contributed by atoms with Crippen LogP contribution in [-0.4, -0.2) is 17.6 Å². The van der Waals surface area contributed by atoms with Gasteiger partial charge in [-0.05, 0) is 59.7 Å². The third-order valence-electron chi connectivity index (χ3n) is 7.61. The molecule has 2 aliphatic rings. The topological polar surface area (TPSA) is 19.4 Å². The molecule has 6 rings (SSSR count). The highest BCUT2D eigenvalue weighted by atomic mass is 15.2. The van der Waals surface area contributed by atoms with Crippen molar-refractivity contribution in [2.45, 2.75) is 58.2 Å². The quantitative estimate of drug-likeness (QED) is 0.334. The number of pyridine rings is 1. The highest BCUT2D eigenvalue weighted by Crippen LogP contribution is 2.39. The molecule has 0 amide bonds. The van der Waals surface area contributed by atoms with Crippen molar-refractivity contribution in [1.82, 2.24) is 4.98 Å². The van der Waals surface area contributed by atoms with Crippen molar-refractivity contribution in [1.29, 1.82) is 0 Å². The molecule has 34 heavy (non-hydrogen) atoms. The van der Waals surface area contributed by atoms with E-state index in [1.54, 1.807) is 0 Å². The van der Waals surface area contributed by atoms with Gasteiger partial charge in [-0.25, -0.2) is 0 Å². The molecule has 0 saturated carbocycles. The van der Waals surface area contributed by atoms with Gasteiger partial charge < -0.3 is 9.80 Å². The van der Waals surface area contributed by atoms with Gasteiger partial charge in [-0.1, -0.05) is 68.4 Å². The van der Waals surface area contributed by atoms with Gasteiger partial charge in [-0.2, -0.15) is 0 Å². The molecule has 0 bridgehead atoms. The Morgan fingerprint density at radius 3 is 2.50 bits per heavy atom. The van der Waals surface area contributed by atoms with Gasteiger partial charge in [-0.3, -0.25) is 4.98 Å². The van der Waals surface area contributed by atoms with Crippen LogP contribution in [0.25, 0.3) is 10.9 Å². The highest BCUT2D eigenvalue weighted by Gasteiger charge is 2.31. The van der Waals surface area contributed by atoms with Gasteiger partial charge in [-0.15, -0.1) is 0 Å². The molecule has 3 nitrogen and oxygen atoms in total. The third kappa shape index (κ3) is 3.94. The number of fused-ring (bicyclic) bond motifs is 5. The predicted molar refractivity (Wildman–Crippen MR) is 143 cm³/mol. The Labute approximate surface area is 203 Å². The van der Waals surface area contributed by atoms with E-state index in [-0.39, 0.29) is 0 Å². The van der Waals surface area contributed by atoms with Crippen molar-refractivity contribution in [3.63, 3.8) is 0 Å². The SMILES string of the molecule is CC(C)c1ccc(CN2Cc3cc4ccccc4nc3CC3CCCN3c3ccccc32)cc1. The molecule has 1 unspecified atom stereocenters. The summed E-state index contributed by atoms with van der Waals surface area (Å²) in [6, 6.07) is 29.7. The van der Waals surface area contributed by atoms with Gasteiger partial charge in [0.2, 0.25) is 0 Å². The van der Waals surface area contributed by atoms with Gasteiger partial charge in [0.1, 0.15) is 0 Å². The lowest BCUT2D eigenvalue weighted by Crippen LogP contribution is -2.32. The lowest BCUT2D eigenvalue weighted by atomic mass is 10.0. The summed E-state index contributed by atoms with van der Waals surface area (Å²) in [5, 5.41) is 1.23. The second kappa shape index (κ2) is 8.79. The number of aromatic nitrogens is 1. The van der Waals surface area contributed by atoms with E-state index >= 15 is 0 Å². The van der Waals surface area contributed by atoms with Crippen molar-refractivity contribution in [3.8, 4) is 0 Å². The molecule has 0 N–H and O–H groups in total. The fourth-order valence-electron chi connectivity index (χ4n) is 5.74. The Balaban J connectivity index is 1.47. The summed E-state index contributed by atoms with van der Waals surface area (Å²) in [7, 11) is 0. The number of hydrogen-bond donors (Lipinski definition) is 0. The molecule has 2 aliphatic heterocycles. The molecule has 3 heterocycles. The van der Waals surface area contributed by atoms with E-state index in [1.807, 2.05) is 0 Å². The molecule has 0 radical (unpaired) electrons. The average Bonchev–Trinajstić information content (AvgIpc) is 3.33. The second-order valence-corrected chi connectivity index (χ2v) is 10.2. The average molecular weight is 448 g/mol. The molecule has 1 fully saturated rings. The van der Waals surface area contributed by atoms with Crippen LogP contribution in [0, 0.1) is 0 Å². The largest absolute Gasteiger partial charge is 0.366 e. The van der Waals surface area contributed by atoms with Gasteiger partial charge in [0, 0.05) is 43.2 Å². The molecule has 1 atom stereocenters. The molecule has 3 aromatic carbocycles. The maximum atomic E-state index is 5.20. The first-order valence-corrected chi connectivity index (χ1v) is 12.7. The number of benzene rings is 3. The Bertz CT molecular complexity index is 1310. The summed E-state index contributed by atoms with van der Waals surface area (Å²) < 4.78 is 0. The van der Waals surface area contributed by atoms with E-state index in [9.17, 15) is 0 Å². The zero-order chi connectivity index (χ0) is 23.1. The minimum atomic E-state index is 0.513. The summed E-state index contributed by atoms with van der Waals surface area (Å²) in [5.74, 6) is 0.554. The first-order valence-electron chi connectivity index (χ1n) is 12.7. The lowest BCUT2D eigenvalue weighted by molar-refractivity contribution is 0.653. The van der Waals surface area contributed by atoms with Crippen molar-refractivity contribution in [2.75, 3.05) is 16.3 Å². The normalized spacial score (nSPS) is 17.7. The molecule has 4 aromatic rings. The molecule has 0 spiro atoms. The van der Waals surface area contributed by atoms with Crippen LogP contribution in [0.4, 0.5) is 11.4 Å². The molecule has 172 valence electrons. The van der Waals surface area contributed by atoms with Gasteiger partial charge in [0.05, 0.1) is 16.9 Å². The van der Waals surface area contributed by atoms with E-state index in [0.717, 1.165) is 31.6 Å². The maximum absolute atomic E-state index is 5.20. The molecule has 0 aliphatic carbocycles. The van der Waals surface area contributed by atoms with Crippen LogP contribution in [0.2, 0.25) is 0 Å². The summed E-state index contributed by atoms with van der Waals surface area (Å²) in [4.78, 5) is 10.4. The van der Waals surface area contributed by atoms with Crippen LogP contribution < -0.4 is 9.80 Å². The first kappa shape index (κ1) is 21.2. The minimum Gasteiger partial charge on any atom is -0.366 e. The Morgan fingerprint density at radius 2 is 1.68 bits per heavy atom. The number of para-hydroxylation sites is 3. The monoisotopic (exact) mass is 447 g/mol. The number of nitrogens with zero attached hydrogens (tertiary/aromatic N) is 3. The van der Waals surface area contributed by atoms with Crippen molar-refractivity contribution in [2.24, 2.45) is 0 Å². The fraction of sp³-hybridized carbons (Fsp3) is 0.323. The molecule has 1 aromatic heterocycles. The smallest absolute Gasteiger partial charge is 0.0705 e. The van der Waals surface area contributed by atoms with Crippen LogP contribution >= 0.6 is 0 Å². The van der Waals surface area contributed by atoms with Crippen molar-refractivity contribution < 1.29 is 0 Å². The lowest BCUT2D eigenvalue weighted by Gasteiger charge is -2.32. The van der Waals surface area contributed by atoms with Crippen LogP contribution in [0.5, 0.6) is 0 Å². The molecular weight excluding hydrogens is 414 g/mol. The predicted octanol–water partition coefficient (Wildman–Crippen LogP) is 7.09. The molecule has 1 saturated heterocycles. The van der Waals surface area contributed by atoms with Crippen molar-refractivity contribution in [3.05, 3.63) is 101 Å². The van der Waals surface area contributed by atoms with E-state index < -0.39 is 0 Å². The van der Waals surface area contributed by atoms with Gasteiger partial charge in [0.15, 0.2) is 0 Å². The summed E-state index contributed by atoms with van der Waals surface area (Å²) in [6.07, 6.45) is 3.50. The number of hydrogen-bond acceptors (Lipinski definition) is 3. The van der Waals surface area contributed by atoms with Crippen LogP contribution in [0.3, 0.4) is 0 Å². The number of anilines is 2. The zero-order valence-electron chi connectivity index (χ0n) is 20.2. The van der Waals surface area contributed by atoms with Crippen molar-refractivity contribution >= 4 is 22.3 Å². The van der Waals surface area contributed by atoms with Crippen LogP contribution in [0.1, 0.15) is 55.0 Å². The number of rotatable bonds is 3. The Morgan fingerprint density at radius 1 is 0.912 bits per heavy atom. The van der Waals surface area contributed by atoms with E-state index in [0.29, 0.717) is 12.0 Å². The van der Waals surface area contributed by atoms with Gasteiger partial charge >= 0.3 is 0 Å². The summed E-state index contributed by atoms with van der Waals surface area (Å²) in [6.45, 7) is 7.40. The standard InChI is InChI=1S/C31H33N3/c1-22(2)24-15-13-23(14-16-24)20-33-21-26-18-25-8-3-4-10-28(25)32-29(26)19-27-9-7-17-34(27)31-12-6-5-11-30(31)33/h3-6,8,10-16,18,22,27H,7,9,17,19-21H2,1-2H3.